The van der Waals surface area contributed by atoms with Crippen LogP contribution in [0.25, 0.3) is 10.8 Å². The van der Waals surface area contributed by atoms with Crippen molar-refractivity contribution in [2.45, 2.75) is 38.9 Å². The summed E-state index contributed by atoms with van der Waals surface area (Å²) in [5.41, 5.74) is 5.15. The van der Waals surface area contributed by atoms with Crippen LogP contribution in [0.2, 0.25) is 0 Å². The first-order valence-corrected chi connectivity index (χ1v) is 13.8. The molecule has 1 amide bonds. The number of carbonyl (C=O) groups excluding carboxylic acids is 1. The molecule has 0 saturated carbocycles. The molecule has 0 aliphatic carbocycles. The van der Waals surface area contributed by atoms with Crippen molar-refractivity contribution < 1.29 is 9.21 Å². The largest absolute Gasteiger partial charge is 0.467 e. The number of anilines is 1. The molecule has 0 unspecified atom stereocenters. The minimum Gasteiger partial charge on any atom is -0.467 e. The topological polar surface area (TPSA) is 75.3 Å². The zero-order chi connectivity index (χ0) is 27.6. The van der Waals surface area contributed by atoms with Gasteiger partial charge in [0, 0.05) is 41.6 Å². The minimum atomic E-state index is -0.146. The van der Waals surface area contributed by atoms with Gasteiger partial charge in [-0.3, -0.25) is 9.78 Å². The van der Waals surface area contributed by atoms with Crippen LogP contribution in [0.3, 0.4) is 0 Å². The second kappa shape index (κ2) is 11.0. The van der Waals surface area contributed by atoms with Crippen molar-refractivity contribution in [3.63, 3.8) is 0 Å². The van der Waals surface area contributed by atoms with Crippen LogP contribution in [-0.2, 0) is 11.3 Å². The molecular formula is C32H31N5O2S. The maximum Gasteiger partial charge on any atom is 0.226 e. The lowest BCUT2D eigenvalue weighted by molar-refractivity contribution is -0.116. The van der Waals surface area contributed by atoms with Crippen molar-refractivity contribution in [1.29, 1.82) is 0 Å². The third kappa shape index (κ3) is 4.98. The van der Waals surface area contributed by atoms with Gasteiger partial charge in [-0.1, -0.05) is 42.5 Å². The van der Waals surface area contributed by atoms with Crippen molar-refractivity contribution >= 4 is 39.7 Å². The fourth-order valence-electron chi connectivity index (χ4n) is 5.68. The Bertz CT molecular complexity index is 1660. The fourth-order valence-corrected chi connectivity index (χ4v) is 6.01. The predicted octanol–water partition coefficient (Wildman–Crippen LogP) is 6.30. The molecular weight excluding hydrogens is 518 g/mol. The summed E-state index contributed by atoms with van der Waals surface area (Å²) < 4.78 is 7.89. The lowest BCUT2D eigenvalue weighted by Crippen LogP contribution is -2.33. The number of hydrogen-bond acceptors (Lipinski definition) is 4. The maximum absolute atomic E-state index is 13.2. The number of amides is 1. The van der Waals surface area contributed by atoms with Gasteiger partial charge in [0.2, 0.25) is 5.91 Å². The van der Waals surface area contributed by atoms with Crippen LogP contribution in [0.1, 0.15) is 46.9 Å². The van der Waals surface area contributed by atoms with Gasteiger partial charge < -0.3 is 24.5 Å². The predicted molar refractivity (Wildman–Crippen MR) is 161 cm³/mol. The van der Waals surface area contributed by atoms with E-state index in [4.69, 9.17) is 16.6 Å². The number of aryl methyl sites for hydroxylation is 1. The molecule has 7 nitrogen and oxygen atoms in total. The molecule has 0 spiro atoms. The average Bonchev–Trinajstić information content (AvgIpc) is 3.67. The molecule has 5 aromatic rings. The zero-order valence-electron chi connectivity index (χ0n) is 22.5. The van der Waals surface area contributed by atoms with Crippen LogP contribution in [0, 0.1) is 13.8 Å². The maximum atomic E-state index is 13.2. The second-order valence-corrected chi connectivity index (χ2v) is 10.5. The summed E-state index contributed by atoms with van der Waals surface area (Å²) in [6.45, 7) is 5.36. The number of hydrogen-bond donors (Lipinski definition) is 2. The van der Waals surface area contributed by atoms with Crippen LogP contribution < -0.4 is 10.6 Å². The molecule has 8 heteroatoms. The molecule has 40 heavy (non-hydrogen) atoms. The molecule has 0 bridgehead atoms. The number of benzene rings is 2. The standard InChI is InChI=1S/C32H31N5O2S/c1-21-19-26(22(2)37(21)20-24-11-8-18-39-24)31-30(28-13-5-6-16-33-28)35-32(40)36(31)17-15-29(38)34-27-14-7-10-23-9-3-4-12-25(23)27/h3-14,16,18-19,30-31H,15,17,20H2,1-2H3,(H,34,38)(H,35,40)/t30-,31-/m0/s1. The molecule has 1 aliphatic rings. The van der Waals surface area contributed by atoms with Crippen LogP contribution in [0.4, 0.5) is 5.69 Å². The highest BCUT2D eigenvalue weighted by Crippen LogP contribution is 2.41. The summed E-state index contributed by atoms with van der Waals surface area (Å²) in [4.78, 5) is 20.0. The number of furan rings is 1. The number of rotatable bonds is 8. The van der Waals surface area contributed by atoms with Crippen molar-refractivity contribution in [2.24, 2.45) is 0 Å². The first kappa shape index (κ1) is 25.8. The third-order valence-corrected chi connectivity index (χ3v) is 8.02. The first-order chi connectivity index (χ1) is 19.5. The highest BCUT2D eigenvalue weighted by molar-refractivity contribution is 7.80. The van der Waals surface area contributed by atoms with E-state index in [0.29, 0.717) is 24.6 Å². The number of pyridine rings is 1. The van der Waals surface area contributed by atoms with Gasteiger partial charge in [0.1, 0.15) is 5.76 Å². The molecule has 2 N–H and O–H groups in total. The lowest BCUT2D eigenvalue weighted by Gasteiger charge is -2.28. The highest BCUT2D eigenvalue weighted by Gasteiger charge is 2.41. The van der Waals surface area contributed by atoms with Gasteiger partial charge in [-0.2, -0.15) is 0 Å². The van der Waals surface area contributed by atoms with Crippen molar-refractivity contribution in [1.82, 2.24) is 19.8 Å². The molecule has 3 aromatic heterocycles. The minimum absolute atomic E-state index is 0.0533. The van der Waals surface area contributed by atoms with E-state index in [1.165, 1.54) is 0 Å². The summed E-state index contributed by atoms with van der Waals surface area (Å²) in [6, 6.07) is 25.8. The van der Waals surface area contributed by atoms with Gasteiger partial charge >= 0.3 is 0 Å². The van der Waals surface area contributed by atoms with E-state index < -0.39 is 0 Å². The highest BCUT2D eigenvalue weighted by atomic mass is 32.1. The van der Waals surface area contributed by atoms with Crippen LogP contribution in [0.15, 0.2) is 95.7 Å². The Kier molecular flexibility index (Phi) is 7.09. The summed E-state index contributed by atoms with van der Waals surface area (Å²) in [6.07, 6.45) is 3.80. The molecule has 1 aliphatic heterocycles. The van der Waals surface area contributed by atoms with Crippen molar-refractivity contribution in [3.05, 3.63) is 120 Å². The summed E-state index contributed by atoms with van der Waals surface area (Å²) in [7, 11) is 0. The van der Waals surface area contributed by atoms with E-state index in [1.54, 1.807) is 12.5 Å². The van der Waals surface area contributed by atoms with Gasteiger partial charge in [0.05, 0.1) is 30.6 Å². The van der Waals surface area contributed by atoms with Gasteiger partial charge in [-0.05, 0) is 73.4 Å². The Labute approximate surface area is 238 Å². The Morgan fingerprint density at radius 2 is 1.88 bits per heavy atom. The van der Waals surface area contributed by atoms with E-state index in [9.17, 15) is 4.79 Å². The normalized spacial score (nSPS) is 16.9. The van der Waals surface area contributed by atoms with Gasteiger partial charge in [-0.25, -0.2) is 0 Å². The Morgan fingerprint density at radius 1 is 1.05 bits per heavy atom. The lowest BCUT2D eigenvalue weighted by atomic mass is 9.96. The molecule has 4 heterocycles. The van der Waals surface area contributed by atoms with E-state index >= 15 is 0 Å². The van der Waals surface area contributed by atoms with E-state index in [0.717, 1.165) is 44.9 Å². The second-order valence-electron chi connectivity index (χ2n) is 10.1. The molecule has 1 fully saturated rings. The fraction of sp³-hybridized carbons (Fsp3) is 0.219. The number of nitrogens with one attached hydrogen (secondary N) is 2. The van der Waals surface area contributed by atoms with Gasteiger partial charge in [0.25, 0.3) is 0 Å². The van der Waals surface area contributed by atoms with Crippen LogP contribution >= 0.6 is 12.2 Å². The SMILES string of the molecule is Cc1cc([C@H]2[C@H](c3ccccn3)NC(=S)N2CCC(=O)Nc2cccc3ccccc23)c(C)n1Cc1ccco1. The molecule has 0 radical (unpaired) electrons. The molecule has 2 atom stereocenters. The molecule has 1 saturated heterocycles. The third-order valence-electron chi connectivity index (χ3n) is 7.67. The van der Waals surface area contributed by atoms with Crippen molar-refractivity contribution in [2.75, 3.05) is 11.9 Å². The molecule has 2 aromatic carbocycles. The quantitative estimate of drug-likeness (QED) is 0.222. The summed E-state index contributed by atoms with van der Waals surface area (Å²) >= 11 is 5.85. The van der Waals surface area contributed by atoms with Crippen LogP contribution in [0.5, 0.6) is 0 Å². The number of aromatic nitrogens is 2. The average molecular weight is 550 g/mol. The van der Waals surface area contributed by atoms with E-state index in [-0.39, 0.29) is 18.0 Å². The number of nitrogens with zero attached hydrogens (tertiary/aromatic N) is 3. The number of carbonyl (C=O) groups is 1. The zero-order valence-corrected chi connectivity index (χ0v) is 23.3. The number of thiocarbonyl (C=S) groups is 1. The van der Waals surface area contributed by atoms with Gasteiger partial charge in [0.15, 0.2) is 5.11 Å². The monoisotopic (exact) mass is 549 g/mol. The van der Waals surface area contributed by atoms with Crippen molar-refractivity contribution in [3.8, 4) is 0 Å². The van der Waals surface area contributed by atoms with E-state index in [2.05, 4.69) is 45.0 Å². The summed E-state index contributed by atoms with van der Waals surface area (Å²) in [5, 5.41) is 9.35. The van der Waals surface area contributed by atoms with E-state index in [1.807, 2.05) is 72.8 Å². The van der Waals surface area contributed by atoms with Gasteiger partial charge in [-0.15, -0.1) is 0 Å². The summed E-state index contributed by atoms with van der Waals surface area (Å²) in [5.74, 6) is 0.846. The molecule has 202 valence electrons. The Morgan fingerprint density at radius 3 is 2.67 bits per heavy atom. The number of fused-ring (bicyclic) bond motifs is 1. The van der Waals surface area contributed by atoms with Crippen LogP contribution in [-0.4, -0.2) is 32.0 Å². The Hall–Kier alpha value is -4.43. The first-order valence-electron chi connectivity index (χ1n) is 13.4. The smallest absolute Gasteiger partial charge is 0.226 e. The molecule has 6 rings (SSSR count). The Balaban J connectivity index is 1.28.